The summed E-state index contributed by atoms with van der Waals surface area (Å²) in [6.45, 7) is 3.62. The number of rotatable bonds is 7. The van der Waals surface area contributed by atoms with E-state index >= 15 is 0 Å². The third-order valence-corrected chi connectivity index (χ3v) is 2.15. The lowest BCUT2D eigenvalue weighted by molar-refractivity contribution is -0.107. The molecule has 2 heteroatoms. The van der Waals surface area contributed by atoms with Gasteiger partial charge in [0.1, 0.15) is 6.29 Å². The highest BCUT2D eigenvalue weighted by Gasteiger charge is 1.86. The molecule has 0 aromatic carbocycles. The SMILES string of the molecule is C=CCSCCCCC=O. The second-order valence-corrected chi connectivity index (χ2v) is 3.18. The normalized spacial score (nSPS) is 9.20. The number of unbranched alkanes of at least 4 members (excludes halogenated alkanes) is 2. The van der Waals surface area contributed by atoms with Crippen LogP contribution in [0.5, 0.6) is 0 Å². The fourth-order valence-electron chi connectivity index (χ4n) is 0.598. The smallest absolute Gasteiger partial charge is 0.119 e. The molecule has 0 rings (SSSR count). The topological polar surface area (TPSA) is 17.1 Å². The largest absolute Gasteiger partial charge is 0.303 e. The Kier molecular flexibility index (Phi) is 8.55. The Hall–Kier alpha value is -0.240. The van der Waals surface area contributed by atoms with Gasteiger partial charge in [0.25, 0.3) is 0 Å². The molecular weight excluding hydrogens is 144 g/mol. The molecule has 0 atom stereocenters. The summed E-state index contributed by atoms with van der Waals surface area (Å²) in [5.74, 6) is 2.18. The van der Waals surface area contributed by atoms with Gasteiger partial charge in [0.05, 0.1) is 0 Å². The van der Waals surface area contributed by atoms with Gasteiger partial charge in [-0.3, -0.25) is 0 Å². The van der Waals surface area contributed by atoms with Crippen molar-refractivity contribution in [3.63, 3.8) is 0 Å². The van der Waals surface area contributed by atoms with Crippen LogP contribution in [-0.2, 0) is 4.79 Å². The first-order valence-electron chi connectivity index (χ1n) is 3.54. The summed E-state index contributed by atoms with van der Waals surface area (Å²) in [5, 5.41) is 0. The van der Waals surface area contributed by atoms with E-state index in [9.17, 15) is 4.79 Å². The molecule has 10 heavy (non-hydrogen) atoms. The van der Waals surface area contributed by atoms with Gasteiger partial charge >= 0.3 is 0 Å². The van der Waals surface area contributed by atoms with Crippen molar-refractivity contribution >= 4 is 18.0 Å². The van der Waals surface area contributed by atoms with E-state index in [-0.39, 0.29) is 0 Å². The maximum absolute atomic E-state index is 9.87. The summed E-state index contributed by atoms with van der Waals surface area (Å²) >= 11 is 1.87. The van der Waals surface area contributed by atoms with Gasteiger partial charge in [0.15, 0.2) is 0 Å². The van der Waals surface area contributed by atoms with Crippen molar-refractivity contribution in [2.75, 3.05) is 11.5 Å². The summed E-state index contributed by atoms with van der Waals surface area (Å²) < 4.78 is 0. The van der Waals surface area contributed by atoms with Gasteiger partial charge in [-0.05, 0) is 18.6 Å². The monoisotopic (exact) mass is 158 g/mol. The Morgan fingerprint density at radius 2 is 2.20 bits per heavy atom. The fraction of sp³-hybridized carbons (Fsp3) is 0.625. The lowest BCUT2D eigenvalue weighted by Gasteiger charge is -1.94. The second kappa shape index (κ2) is 8.76. The predicted octanol–water partition coefficient (Wildman–Crippen LogP) is 2.27. The van der Waals surface area contributed by atoms with Crippen molar-refractivity contribution in [3.05, 3.63) is 12.7 Å². The molecule has 0 aliphatic heterocycles. The first-order chi connectivity index (χ1) is 4.91. The van der Waals surface area contributed by atoms with Crippen LogP contribution >= 0.6 is 11.8 Å². The minimum atomic E-state index is 0.717. The molecule has 0 fully saturated rings. The van der Waals surface area contributed by atoms with Crippen LogP contribution in [0.4, 0.5) is 0 Å². The summed E-state index contributed by atoms with van der Waals surface area (Å²) in [7, 11) is 0. The standard InChI is InChI=1S/C8H14OS/c1-2-7-10-8-5-3-4-6-9/h2,6H,1,3-5,7-8H2. The molecule has 0 bridgehead atoms. The van der Waals surface area contributed by atoms with Crippen molar-refractivity contribution in [2.45, 2.75) is 19.3 Å². The van der Waals surface area contributed by atoms with Gasteiger partial charge in [-0.25, -0.2) is 0 Å². The summed E-state index contributed by atoms with van der Waals surface area (Å²) in [6.07, 6.45) is 5.79. The highest BCUT2D eigenvalue weighted by molar-refractivity contribution is 7.99. The van der Waals surface area contributed by atoms with E-state index in [2.05, 4.69) is 6.58 Å². The van der Waals surface area contributed by atoms with Crippen LogP contribution in [-0.4, -0.2) is 17.8 Å². The van der Waals surface area contributed by atoms with Crippen LogP contribution < -0.4 is 0 Å². The quantitative estimate of drug-likeness (QED) is 0.321. The lowest BCUT2D eigenvalue weighted by Crippen LogP contribution is -1.82. The Morgan fingerprint density at radius 1 is 1.40 bits per heavy atom. The van der Waals surface area contributed by atoms with Gasteiger partial charge in [-0.1, -0.05) is 6.08 Å². The summed E-state index contributed by atoms with van der Waals surface area (Å²) in [5.41, 5.74) is 0. The molecule has 0 heterocycles. The van der Waals surface area contributed by atoms with E-state index in [1.807, 2.05) is 17.8 Å². The Balaban J connectivity index is 2.76. The molecular formula is C8H14OS. The van der Waals surface area contributed by atoms with E-state index < -0.39 is 0 Å². The van der Waals surface area contributed by atoms with Crippen LogP contribution in [0.25, 0.3) is 0 Å². The van der Waals surface area contributed by atoms with E-state index in [0.717, 1.165) is 30.6 Å². The third-order valence-electron chi connectivity index (χ3n) is 1.10. The molecule has 0 unspecified atom stereocenters. The minimum Gasteiger partial charge on any atom is -0.303 e. The van der Waals surface area contributed by atoms with Crippen molar-refractivity contribution in [3.8, 4) is 0 Å². The molecule has 0 aromatic rings. The third kappa shape index (κ3) is 7.76. The van der Waals surface area contributed by atoms with Crippen molar-refractivity contribution in [2.24, 2.45) is 0 Å². The van der Waals surface area contributed by atoms with Gasteiger partial charge < -0.3 is 4.79 Å². The Bertz CT molecular complexity index is 79.3. The maximum Gasteiger partial charge on any atom is 0.119 e. The molecule has 0 aliphatic rings. The zero-order chi connectivity index (χ0) is 7.66. The fourth-order valence-corrected chi connectivity index (χ4v) is 1.34. The molecule has 0 amide bonds. The van der Waals surface area contributed by atoms with Crippen LogP contribution in [0.2, 0.25) is 0 Å². The molecule has 0 radical (unpaired) electrons. The highest BCUT2D eigenvalue weighted by atomic mass is 32.2. The van der Waals surface area contributed by atoms with Crippen molar-refractivity contribution < 1.29 is 4.79 Å². The Labute approximate surface area is 66.9 Å². The van der Waals surface area contributed by atoms with Crippen LogP contribution in [0.1, 0.15) is 19.3 Å². The van der Waals surface area contributed by atoms with E-state index in [4.69, 9.17) is 0 Å². The molecule has 0 aromatic heterocycles. The average molecular weight is 158 g/mol. The highest BCUT2D eigenvalue weighted by Crippen LogP contribution is 2.04. The zero-order valence-corrected chi connectivity index (χ0v) is 7.03. The number of carbonyl (C=O) groups is 1. The molecule has 1 nitrogen and oxygen atoms in total. The van der Waals surface area contributed by atoms with E-state index in [1.54, 1.807) is 0 Å². The molecule has 0 saturated heterocycles. The number of aldehydes is 1. The van der Waals surface area contributed by atoms with Crippen LogP contribution in [0, 0.1) is 0 Å². The molecule has 0 saturated carbocycles. The maximum atomic E-state index is 9.87. The molecule has 58 valence electrons. The second-order valence-electron chi connectivity index (χ2n) is 2.03. The number of hydrogen-bond acceptors (Lipinski definition) is 2. The summed E-state index contributed by atoms with van der Waals surface area (Å²) in [6, 6.07) is 0. The molecule has 0 N–H and O–H groups in total. The van der Waals surface area contributed by atoms with Crippen molar-refractivity contribution in [1.82, 2.24) is 0 Å². The first-order valence-corrected chi connectivity index (χ1v) is 4.69. The number of thioether (sulfide) groups is 1. The number of hydrogen-bond donors (Lipinski definition) is 0. The molecule has 0 spiro atoms. The minimum absolute atomic E-state index is 0.717. The van der Waals surface area contributed by atoms with Crippen LogP contribution in [0.3, 0.4) is 0 Å². The zero-order valence-electron chi connectivity index (χ0n) is 6.21. The Morgan fingerprint density at radius 3 is 2.80 bits per heavy atom. The lowest BCUT2D eigenvalue weighted by atomic mass is 10.3. The van der Waals surface area contributed by atoms with Crippen molar-refractivity contribution in [1.29, 1.82) is 0 Å². The first kappa shape index (κ1) is 9.76. The van der Waals surface area contributed by atoms with E-state index in [0.29, 0.717) is 6.42 Å². The van der Waals surface area contributed by atoms with Crippen LogP contribution in [0.15, 0.2) is 12.7 Å². The van der Waals surface area contributed by atoms with Gasteiger partial charge in [-0.15, -0.1) is 6.58 Å². The average Bonchev–Trinajstić information content (AvgIpc) is 1.97. The molecule has 0 aliphatic carbocycles. The van der Waals surface area contributed by atoms with Gasteiger partial charge in [-0.2, -0.15) is 11.8 Å². The van der Waals surface area contributed by atoms with E-state index in [1.165, 1.54) is 0 Å². The predicted molar refractivity (Wildman–Crippen MR) is 47.4 cm³/mol. The van der Waals surface area contributed by atoms with Gasteiger partial charge in [0.2, 0.25) is 0 Å². The summed E-state index contributed by atoms with van der Waals surface area (Å²) in [4.78, 5) is 9.87. The number of carbonyl (C=O) groups excluding carboxylic acids is 1. The van der Waals surface area contributed by atoms with Gasteiger partial charge in [0, 0.05) is 12.2 Å².